The summed E-state index contributed by atoms with van der Waals surface area (Å²) in [7, 11) is 1.99. The van der Waals surface area contributed by atoms with Crippen molar-refractivity contribution in [1.82, 2.24) is 14.5 Å². The van der Waals surface area contributed by atoms with Crippen LogP contribution in [0.4, 0.5) is 0 Å². The second-order valence-electron chi connectivity index (χ2n) is 4.58. The van der Waals surface area contributed by atoms with Crippen LogP contribution in [0.3, 0.4) is 0 Å². The maximum Gasteiger partial charge on any atom is 0.159 e. The largest absolute Gasteiger partial charge is 0.330 e. The Morgan fingerprint density at radius 1 is 1.21 bits per heavy atom. The monoisotopic (exact) mass is 252 g/mol. The molecule has 0 aliphatic heterocycles. The number of hydrogen-bond acceptors (Lipinski definition) is 3. The van der Waals surface area contributed by atoms with E-state index in [1.807, 2.05) is 29.8 Å². The summed E-state index contributed by atoms with van der Waals surface area (Å²) in [5, 5.41) is 0. The first-order valence-electron chi connectivity index (χ1n) is 6.36. The normalized spacial score (nSPS) is 11.1. The third kappa shape index (κ3) is 2.11. The Labute approximate surface area is 111 Å². The Kier molecular flexibility index (Phi) is 3.01. The topological polar surface area (TPSA) is 56.7 Å². The molecule has 0 amide bonds. The number of aromatic nitrogens is 3. The van der Waals surface area contributed by atoms with Crippen LogP contribution < -0.4 is 5.73 Å². The number of fused-ring (bicyclic) bond motifs is 1. The van der Waals surface area contributed by atoms with E-state index in [0.29, 0.717) is 6.54 Å². The lowest BCUT2D eigenvalue weighted by atomic mass is 10.1. The fraction of sp³-hybridized carbons (Fsp3) is 0.200. The maximum atomic E-state index is 5.61. The van der Waals surface area contributed by atoms with Crippen molar-refractivity contribution < 1.29 is 0 Å². The summed E-state index contributed by atoms with van der Waals surface area (Å²) >= 11 is 0. The average Bonchev–Trinajstić information content (AvgIpc) is 2.78. The summed E-state index contributed by atoms with van der Waals surface area (Å²) in [6, 6.07) is 12.2. The summed E-state index contributed by atoms with van der Waals surface area (Å²) in [4.78, 5) is 9.02. The highest BCUT2D eigenvalue weighted by Crippen LogP contribution is 2.23. The van der Waals surface area contributed by atoms with Gasteiger partial charge in [0.25, 0.3) is 0 Å². The lowest BCUT2D eigenvalue weighted by molar-refractivity contribution is 0.938. The molecule has 2 aromatic heterocycles. The Bertz CT molecular complexity index is 715. The van der Waals surface area contributed by atoms with Gasteiger partial charge in [-0.2, -0.15) is 0 Å². The summed E-state index contributed by atoms with van der Waals surface area (Å²) in [5.74, 6) is 0.938. The molecule has 0 spiro atoms. The van der Waals surface area contributed by atoms with E-state index in [9.17, 15) is 0 Å². The Morgan fingerprint density at radius 3 is 2.89 bits per heavy atom. The molecular formula is C15H16N4. The molecule has 2 heterocycles. The number of aryl methyl sites for hydroxylation is 1. The first kappa shape index (κ1) is 11.9. The van der Waals surface area contributed by atoms with Crippen LogP contribution in [0, 0.1) is 0 Å². The van der Waals surface area contributed by atoms with E-state index in [4.69, 9.17) is 5.73 Å². The first-order valence-corrected chi connectivity index (χ1v) is 6.36. The molecule has 96 valence electrons. The van der Waals surface area contributed by atoms with Gasteiger partial charge >= 0.3 is 0 Å². The highest BCUT2D eigenvalue weighted by molar-refractivity contribution is 5.76. The second kappa shape index (κ2) is 4.82. The molecule has 2 N–H and O–H groups in total. The minimum absolute atomic E-state index is 0.660. The van der Waals surface area contributed by atoms with Crippen LogP contribution in [0.25, 0.3) is 22.6 Å². The average molecular weight is 252 g/mol. The van der Waals surface area contributed by atoms with E-state index in [0.717, 1.165) is 29.0 Å². The van der Waals surface area contributed by atoms with Gasteiger partial charge in [0.2, 0.25) is 0 Å². The van der Waals surface area contributed by atoms with Crippen LogP contribution in [0.15, 0.2) is 42.6 Å². The van der Waals surface area contributed by atoms with Crippen LogP contribution in [-0.2, 0) is 13.5 Å². The van der Waals surface area contributed by atoms with Crippen molar-refractivity contribution in [3.8, 4) is 11.4 Å². The maximum absolute atomic E-state index is 5.61. The van der Waals surface area contributed by atoms with E-state index in [1.165, 1.54) is 5.56 Å². The highest BCUT2D eigenvalue weighted by atomic mass is 15.1. The van der Waals surface area contributed by atoms with Crippen molar-refractivity contribution in [2.24, 2.45) is 12.8 Å². The molecule has 0 radical (unpaired) electrons. The highest BCUT2D eigenvalue weighted by Gasteiger charge is 2.10. The van der Waals surface area contributed by atoms with Gasteiger partial charge in [0.15, 0.2) is 5.65 Å². The Morgan fingerprint density at radius 2 is 2.11 bits per heavy atom. The molecule has 4 heteroatoms. The number of imidazole rings is 1. The fourth-order valence-corrected chi connectivity index (χ4v) is 2.31. The minimum atomic E-state index is 0.660. The minimum Gasteiger partial charge on any atom is -0.330 e. The molecule has 0 unspecified atom stereocenters. The van der Waals surface area contributed by atoms with Crippen molar-refractivity contribution >= 4 is 11.2 Å². The van der Waals surface area contributed by atoms with Crippen molar-refractivity contribution in [2.45, 2.75) is 6.42 Å². The number of hydrogen-bond donors (Lipinski definition) is 1. The van der Waals surface area contributed by atoms with Crippen LogP contribution in [0.1, 0.15) is 5.56 Å². The number of nitrogens with zero attached hydrogens (tertiary/aromatic N) is 3. The summed E-state index contributed by atoms with van der Waals surface area (Å²) in [6.07, 6.45) is 2.68. The van der Waals surface area contributed by atoms with Gasteiger partial charge in [0.1, 0.15) is 11.3 Å². The van der Waals surface area contributed by atoms with Gasteiger partial charge in [-0.1, -0.05) is 18.2 Å². The number of pyridine rings is 1. The zero-order chi connectivity index (χ0) is 13.2. The SMILES string of the molecule is Cn1c(-c2cccc(CCN)c2)nc2cccnc21. The molecule has 3 aromatic rings. The molecule has 1 aromatic carbocycles. The molecule has 0 saturated carbocycles. The standard InChI is InChI=1S/C15H16N4/c1-19-14(18-13-6-3-9-17-15(13)19)12-5-2-4-11(10-12)7-8-16/h2-6,9-10H,7-8,16H2,1H3. The lowest BCUT2D eigenvalue weighted by Crippen LogP contribution is -2.02. The predicted molar refractivity (Wildman–Crippen MR) is 76.7 cm³/mol. The first-order chi connectivity index (χ1) is 9.29. The van der Waals surface area contributed by atoms with Crippen molar-refractivity contribution in [3.63, 3.8) is 0 Å². The van der Waals surface area contributed by atoms with Gasteiger partial charge in [0, 0.05) is 18.8 Å². The Hall–Kier alpha value is -2.20. The molecule has 0 fully saturated rings. The quantitative estimate of drug-likeness (QED) is 0.777. The van der Waals surface area contributed by atoms with E-state index in [1.54, 1.807) is 6.20 Å². The molecule has 19 heavy (non-hydrogen) atoms. The van der Waals surface area contributed by atoms with Gasteiger partial charge in [-0.25, -0.2) is 9.97 Å². The van der Waals surface area contributed by atoms with Gasteiger partial charge in [-0.05, 0) is 36.7 Å². The molecule has 0 bridgehead atoms. The van der Waals surface area contributed by atoms with Crippen molar-refractivity contribution in [3.05, 3.63) is 48.2 Å². The zero-order valence-electron chi connectivity index (χ0n) is 10.9. The van der Waals surface area contributed by atoms with Crippen molar-refractivity contribution in [1.29, 1.82) is 0 Å². The second-order valence-corrected chi connectivity index (χ2v) is 4.58. The molecule has 0 aliphatic carbocycles. The molecule has 3 rings (SSSR count). The van der Waals surface area contributed by atoms with Crippen molar-refractivity contribution in [2.75, 3.05) is 6.54 Å². The summed E-state index contributed by atoms with van der Waals surface area (Å²) < 4.78 is 2.02. The zero-order valence-corrected chi connectivity index (χ0v) is 10.9. The third-order valence-electron chi connectivity index (χ3n) is 3.25. The molecule has 4 nitrogen and oxygen atoms in total. The third-order valence-corrected chi connectivity index (χ3v) is 3.25. The van der Waals surface area contributed by atoms with E-state index >= 15 is 0 Å². The van der Waals surface area contributed by atoms with E-state index < -0.39 is 0 Å². The predicted octanol–water partition coefficient (Wildman–Crippen LogP) is 2.14. The van der Waals surface area contributed by atoms with Gasteiger partial charge in [0.05, 0.1) is 0 Å². The van der Waals surface area contributed by atoms with Gasteiger partial charge < -0.3 is 10.3 Å². The summed E-state index contributed by atoms with van der Waals surface area (Å²) in [6.45, 7) is 0.660. The number of nitrogens with two attached hydrogens (primary N) is 1. The fourth-order valence-electron chi connectivity index (χ4n) is 2.31. The van der Waals surface area contributed by atoms with E-state index in [2.05, 4.69) is 28.2 Å². The molecule has 0 atom stereocenters. The smallest absolute Gasteiger partial charge is 0.159 e. The van der Waals surface area contributed by atoms with Gasteiger partial charge in [-0.3, -0.25) is 0 Å². The molecule has 0 saturated heterocycles. The number of rotatable bonds is 3. The Balaban J connectivity index is 2.13. The van der Waals surface area contributed by atoms with E-state index in [-0.39, 0.29) is 0 Å². The molecule has 0 aliphatic rings. The van der Waals surface area contributed by atoms with Gasteiger partial charge in [-0.15, -0.1) is 0 Å². The lowest BCUT2D eigenvalue weighted by Gasteiger charge is -2.04. The van der Waals surface area contributed by atoms with Crippen LogP contribution >= 0.6 is 0 Å². The van der Waals surface area contributed by atoms with Crippen LogP contribution in [0.5, 0.6) is 0 Å². The summed E-state index contributed by atoms with van der Waals surface area (Å²) in [5.41, 5.74) is 9.77. The number of benzene rings is 1. The molecular weight excluding hydrogens is 236 g/mol. The van der Waals surface area contributed by atoms with Crippen LogP contribution in [-0.4, -0.2) is 21.1 Å². The van der Waals surface area contributed by atoms with Crippen LogP contribution in [0.2, 0.25) is 0 Å².